The predicted molar refractivity (Wildman–Crippen MR) is 69.1 cm³/mol. The molecule has 1 atom stereocenters. The van der Waals surface area contributed by atoms with Crippen molar-refractivity contribution in [3.63, 3.8) is 0 Å². The number of nitrogens with zero attached hydrogens (tertiary/aromatic N) is 1. The molecule has 0 spiro atoms. The van der Waals surface area contributed by atoms with E-state index in [1.807, 2.05) is 29.7 Å². The zero-order chi connectivity index (χ0) is 12.5. The van der Waals surface area contributed by atoms with Crippen LogP contribution in [0.15, 0.2) is 29.3 Å². The third kappa shape index (κ3) is 5.36. The lowest BCUT2D eigenvalue weighted by Gasteiger charge is -2.09. The van der Waals surface area contributed by atoms with Crippen molar-refractivity contribution in [3.05, 3.63) is 24.3 Å². The van der Waals surface area contributed by atoms with Gasteiger partial charge < -0.3 is 4.74 Å². The highest BCUT2D eigenvalue weighted by molar-refractivity contribution is 5.59. The zero-order valence-corrected chi connectivity index (χ0v) is 10.4. The molecule has 4 nitrogen and oxygen atoms in total. The molecule has 0 aliphatic heterocycles. The van der Waals surface area contributed by atoms with Crippen LogP contribution in [-0.2, 0) is 0 Å². The van der Waals surface area contributed by atoms with Crippen LogP contribution in [0, 0.1) is 5.92 Å². The minimum atomic E-state index is 0.703. The Hall–Kier alpha value is -1.55. The Morgan fingerprint density at radius 2 is 2.12 bits per heavy atom. The lowest BCUT2D eigenvalue weighted by molar-refractivity contribution is 0.240. The van der Waals surface area contributed by atoms with Gasteiger partial charge in [-0.3, -0.25) is 10.7 Å². The van der Waals surface area contributed by atoms with E-state index in [-0.39, 0.29) is 0 Å². The highest BCUT2D eigenvalue weighted by atomic mass is 16.5. The number of rotatable bonds is 7. The average Bonchev–Trinajstić information content (AvgIpc) is 2.37. The molecule has 0 aliphatic carbocycles. The van der Waals surface area contributed by atoms with Gasteiger partial charge in [-0.25, -0.2) is 4.99 Å². The van der Waals surface area contributed by atoms with Crippen molar-refractivity contribution in [2.24, 2.45) is 10.9 Å². The van der Waals surface area contributed by atoms with Crippen LogP contribution < -0.4 is 10.2 Å². The molecule has 0 aliphatic rings. The number of benzene rings is 1. The lowest BCUT2D eigenvalue weighted by atomic mass is 10.1. The van der Waals surface area contributed by atoms with Gasteiger partial charge in [-0.05, 0) is 36.6 Å². The van der Waals surface area contributed by atoms with E-state index >= 15 is 0 Å². The van der Waals surface area contributed by atoms with Crippen molar-refractivity contribution in [2.75, 3.05) is 6.61 Å². The molecule has 1 aromatic rings. The van der Waals surface area contributed by atoms with E-state index in [2.05, 4.69) is 18.8 Å². The van der Waals surface area contributed by atoms with Crippen LogP contribution in [0.1, 0.15) is 26.7 Å². The van der Waals surface area contributed by atoms with Gasteiger partial charge in [0.25, 0.3) is 0 Å². The molecule has 0 radical (unpaired) electrons. The molecule has 0 aromatic heterocycles. The third-order valence-electron chi connectivity index (χ3n) is 2.68. The van der Waals surface area contributed by atoms with Crippen molar-refractivity contribution in [1.29, 1.82) is 0 Å². The summed E-state index contributed by atoms with van der Waals surface area (Å²) in [4.78, 5) is 3.95. The van der Waals surface area contributed by atoms with Crippen molar-refractivity contribution in [1.82, 2.24) is 5.48 Å². The molecule has 0 heterocycles. The largest absolute Gasteiger partial charge is 0.494 e. The molecular weight excluding hydrogens is 216 g/mol. The summed E-state index contributed by atoms with van der Waals surface area (Å²) in [7, 11) is 0. The lowest BCUT2D eigenvalue weighted by Crippen LogP contribution is -2.03. The Balaban J connectivity index is 2.37. The maximum atomic E-state index is 8.35. The van der Waals surface area contributed by atoms with Crippen LogP contribution in [0.25, 0.3) is 0 Å². The standard InChI is InChI=1S/C13H20N2O2/c1-3-11(2)8-9-17-13-6-4-12(5-7-13)14-10-15-16/h4-7,10-11,16H,3,8-9H2,1-2H3,(H,14,15). The number of hydrogen-bond donors (Lipinski definition) is 2. The first kappa shape index (κ1) is 13.5. The summed E-state index contributed by atoms with van der Waals surface area (Å²) in [6, 6.07) is 7.43. The molecule has 0 saturated heterocycles. The fraction of sp³-hybridized carbons (Fsp3) is 0.462. The number of ether oxygens (including phenoxy) is 1. The van der Waals surface area contributed by atoms with Crippen molar-refractivity contribution >= 4 is 12.0 Å². The molecule has 1 aromatic carbocycles. The van der Waals surface area contributed by atoms with Crippen LogP contribution >= 0.6 is 0 Å². The Morgan fingerprint density at radius 3 is 2.71 bits per heavy atom. The monoisotopic (exact) mass is 236 g/mol. The Kier molecular flexibility index (Phi) is 6.10. The van der Waals surface area contributed by atoms with Crippen molar-refractivity contribution < 1.29 is 9.94 Å². The summed E-state index contributed by atoms with van der Waals surface area (Å²) in [5.41, 5.74) is 2.63. The first-order valence-electron chi connectivity index (χ1n) is 5.91. The maximum Gasteiger partial charge on any atom is 0.119 e. The molecule has 1 rings (SSSR count). The van der Waals surface area contributed by atoms with Crippen LogP contribution in [-0.4, -0.2) is 18.2 Å². The predicted octanol–water partition coefficient (Wildman–Crippen LogP) is 3.14. The summed E-state index contributed by atoms with van der Waals surface area (Å²) in [5, 5.41) is 8.35. The smallest absolute Gasteiger partial charge is 0.119 e. The first-order valence-corrected chi connectivity index (χ1v) is 5.91. The fourth-order valence-electron chi connectivity index (χ4n) is 1.31. The summed E-state index contributed by atoms with van der Waals surface area (Å²) < 4.78 is 5.62. The van der Waals surface area contributed by atoms with Gasteiger partial charge in [0.1, 0.15) is 12.1 Å². The average molecular weight is 236 g/mol. The third-order valence-corrected chi connectivity index (χ3v) is 2.68. The van der Waals surface area contributed by atoms with Crippen molar-refractivity contribution in [2.45, 2.75) is 26.7 Å². The summed E-state index contributed by atoms with van der Waals surface area (Å²) in [6.07, 6.45) is 3.48. The van der Waals surface area contributed by atoms with Gasteiger partial charge >= 0.3 is 0 Å². The molecule has 0 fully saturated rings. The molecule has 17 heavy (non-hydrogen) atoms. The second-order valence-corrected chi connectivity index (χ2v) is 4.03. The first-order chi connectivity index (χ1) is 8.26. The minimum Gasteiger partial charge on any atom is -0.494 e. The van der Waals surface area contributed by atoms with Gasteiger partial charge in [-0.2, -0.15) is 0 Å². The highest BCUT2D eigenvalue weighted by Crippen LogP contribution is 2.18. The van der Waals surface area contributed by atoms with Gasteiger partial charge in [0.15, 0.2) is 0 Å². The van der Waals surface area contributed by atoms with E-state index in [0.29, 0.717) is 5.92 Å². The Bertz CT molecular complexity index is 336. The molecule has 0 saturated carbocycles. The van der Waals surface area contributed by atoms with E-state index in [9.17, 15) is 0 Å². The number of aliphatic imine (C=N–C) groups is 1. The molecule has 94 valence electrons. The number of hydroxylamine groups is 1. The maximum absolute atomic E-state index is 8.35. The summed E-state index contributed by atoms with van der Waals surface area (Å²) in [5.74, 6) is 1.55. The Morgan fingerprint density at radius 1 is 1.41 bits per heavy atom. The summed E-state index contributed by atoms with van der Waals surface area (Å²) in [6.45, 7) is 5.16. The highest BCUT2D eigenvalue weighted by Gasteiger charge is 1.99. The van der Waals surface area contributed by atoms with E-state index in [0.717, 1.165) is 24.5 Å². The quantitative estimate of drug-likeness (QED) is 0.434. The molecule has 0 bridgehead atoms. The molecular formula is C13H20N2O2. The second kappa shape index (κ2) is 7.68. The van der Waals surface area contributed by atoms with Gasteiger partial charge in [0.05, 0.1) is 12.3 Å². The van der Waals surface area contributed by atoms with Gasteiger partial charge in [0.2, 0.25) is 0 Å². The Labute approximate surface area is 102 Å². The molecule has 4 heteroatoms. The van der Waals surface area contributed by atoms with E-state index < -0.39 is 0 Å². The fourth-order valence-corrected chi connectivity index (χ4v) is 1.31. The molecule has 0 amide bonds. The molecule has 1 unspecified atom stereocenters. The van der Waals surface area contributed by atoms with E-state index in [1.54, 1.807) is 0 Å². The topological polar surface area (TPSA) is 53.8 Å². The number of nitrogens with one attached hydrogen (secondary N) is 1. The van der Waals surface area contributed by atoms with Gasteiger partial charge in [-0.15, -0.1) is 0 Å². The number of hydrogen-bond acceptors (Lipinski definition) is 3. The summed E-state index contributed by atoms with van der Waals surface area (Å²) >= 11 is 0. The van der Waals surface area contributed by atoms with Crippen LogP contribution in [0.4, 0.5) is 5.69 Å². The van der Waals surface area contributed by atoms with Gasteiger partial charge in [0, 0.05) is 0 Å². The van der Waals surface area contributed by atoms with Crippen LogP contribution in [0.3, 0.4) is 0 Å². The van der Waals surface area contributed by atoms with Crippen LogP contribution in [0.5, 0.6) is 5.75 Å². The van der Waals surface area contributed by atoms with Crippen LogP contribution in [0.2, 0.25) is 0 Å². The molecule has 2 N–H and O–H groups in total. The van der Waals surface area contributed by atoms with Gasteiger partial charge in [-0.1, -0.05) is 20.3 Å². The second-order valence-electron chi connectivity index (χ2n) is 4.03. The SMILES string of the molecule is CCC(C)CCOc1ccc(N=CNO)cc1. The van der Waals surface area contributed by atoms with Crippen molar-refractivity contribution in [3.8, 4) is 5.75 Å². The normalized spacial score (nSPS) is 12.6. The minimum absolute atomic E-state index is 0.703. The van der Waals surface area contributed by atoms with E-state index in [4.69, 9.17) is 9.94 Å². The van der Waals surface area contributed by atoms with E-state index in [1.165, 1.54) is 12.8 Å². The zero-order valence-electron chi connectivity index (χ0n) is 10.4.